The molecule has 3 N–H and O–H groups in total. The van der Waals surface area contributed by atoms with Gasteiger partial charge >= 0.3 is 18.0 Å². The highest BCUT2D eigenvalue weighted by atomic mass is 35.5. The lowest BCUT2D eigenvalue weighted by Gasteiger charge is -2.10. The molecule has 0 aliphatic carbocycles. The summed E-state index contributed by atoms with van der Waals surface area (Å²) in [4.78, 5) is 33.8. The highest BCUT2D eigenvalue weighted by molar-refractivity contribution is 6.33. The molecule has 27 heavy (non-hydrogen) atoms. The van der Waals surface area contributed by atoms with Crippen LogP contribution in [0.2, 0.25) is 5.02 Å². The molecule has 2 aromatic rings. The molecular formula is C19H18ClNO6. The number of carbonyl (C=O) groups is 3. The molecule has 8 heteroatoms. The van der Waals surface area contributed by atoms with Crippen LogP contribution in [-0.4, -0.2) is 34.9 Å². The first-order valence-corrected chi connectivity index (χ1v) is 8.46. The highest BCUT2D eigenvalue weighted by Crippen LogP contribution is 2.20. The minimum Gasteiger partial charge on any atom is -0.481 e. The Morgan fingerprint density at radius 2 is 1.67 bits per heavy atom. The summed E-state index contributed by atoms with van der Waals surface area (Å²) in [5.74, 6) is -4.27. The number of rotatable bonds is 8. The second kappa shape index (κ2) is 9.59. The monoisotopic (exact) mass is 391 g/mol. The first kappa shape index (κ1) is 20.3. The minimum absolute atomic E-state index is 0.0982. The van der Waals surface area contributed by atoms with Crippen molar-refractivity contribution in [3.8, 4) is 0 Å². The molecule has 2 aromatic carbocycles. The third kappa shape index (κ3) is 6.31. The molecule has 7 nitrogen and oxygen atoms in total. The fraction of sp³-hybridized carbons (Fsp3) is 0.211. The van der Waals surface area contributed by atoms with E-state index >= 15 is 0 Å². The zero-order valence-electron chi connectivity index (χ0n) is 14.2. The highest BCUT2D eigenvalue weighted by Gasteiger charge is 2.25. The van der Waals surface area contributed by atoms with Gasteiger partial charge in [-0.25, -0.2) is 4.79 Å². The van der Waals surface area contributed by atoms with E-state index in [9.17, 15) is 14.4 Å². The maximum Gasteiger partial charge on any atom is 0.411 e. The van der Waals surface area contributed by atoms with Gasteiger partial charge in [-0.1, -0.05) is 48.0 Å². The van der Waals surface area contributed by atoms with Crippen LogP contribution in [0.4, 0.5) is 10.5 Å². The van der Waals surface area contributed by atoms with Crippen LogP contribution in [0.3, 0.4) is 0 Å². The first-order valence-electron chi connectivity index (χ1n) is 8.08. The number of amides is 1. The fourth-order valence-corrected chi connectivity index (χ4v) is 2.58. The van der Waals surface area contributed by atoms with Crippen molar-refractivity contribution in [2.75, 3.05) is 11.9 Å². The fourth-order valence-electron chi connectivity index (χ4n) is 2.40. The summed E-state index contributed by atoms with van der Waals surface area (Å²) in [6, 6.07) is 13.6. The topological polar surface area (TPSA) is 113 Å². The summed E-state index contributed by atoms with van der Waals surface area (Å²) in [6.45, 7) is 0.0982. The van der Waals surface area contributed by atoms with Crippen LogP contribution in [0.5, 0.6) is 0 Å². The molecule has 0 heterocycles. The number of halogens is 1. The molecule has 2 rings (SSSR count). The van der Waals surface area contributed by atoms with Crippen LogP contribution in [0.25, 0.3) is 0 Å². The van der Waals surface area contributed by atoms with Gasteiger partial charge in [0.2, 0.25) is 0 Å². The van der Waals surface area contributed by atoms with Crippen LogP contribution in [0, 0.1) is 5.92 Å². The van der Waals surface area contributed by atoms with Crippen LogP contribution in [0.1, 0.15) is 11.1 Å². The number of hydrogen-bond acceptors (Lipinski definition) is 4. The molecule has 0 unspecified atom stereocenters. The number of anilines is 1. The Kier molecular flexibility index (Phi) is 7.19. The third-order valence-corrected chi connectivity index (χ3v) is 4.09. The van der Waals surface area contributed by atoms with Gasteiger partial charge in [-0.05, 0) is 29.7 Å². The van der Waals surface area contributed by atoms with Crippen molar-refractivity contribution in [1.82, 2.24) is 0 Å². The molecule has 142 valence electrons. The molecule has 0 aliphatic heterocycles. The normalized spacial score (nSPS) is 10.4. The van der Waals surface area contributed by atoms with Gasteiger partial charge in [0, 0.05) is 6.42 Å². The number of carboxylic acid groups (broad SMARTS) is 2. The molecule has 0 spiro atoms. The van der Waals surface area contributed by atoms with Gasteiger partial charge < -0.3 is 14.9 Å². The van der Waals surface area contributed by atoms with E-state index in [2.05, 4.69) is 5.32 Å². The summed E-state index contributed by atoms with van der Waals surface area (Å²) in [7, 11) is 0. The van der Waals surface area contributed by atoms with Crippen LogP contribution in [0.15, 0.2) is 48.5 Å². The van der Waals surface area contributed by atoms with E-state index in [1.807, 2.05) is 0 Å². The van der Waals surface area contributed by atoms with Crippen LogP contribution < -0.4 is 5.32 Å². The van der Waals surface area contributed by atoms with E-state index < -0.39 is 23.9 Å². The third-order valence-electron chi connectivity index (χ3n) is 3.76. The predicted molar refractivity (Wildman–Crippen MR) is 99.0 cm³/mol. The maximum atomic E-state index is 11.8. The number of ether oxygens (including phenoxy) is 1. The van der Waals surface area contributed by atoms with Crippen molar-refractivity contribution in [2.45, 2.75) is 12.8 Å². The average Bonchev–Trinajstić information content (AvgIpc) is 2.61. The van der Waals surface area contributed by atoms with Crippen molar-refractivity contribution in [3.05, 3.63) is 64.7 Å². The first-order chi connectivity index (χ1) is 12.9. The number of carbonyl (C=O) groups excluding carboxylic acids is 1. The van der Waals surface area contributed by atoms with Gasteiger partial charge in [0.15, 0.2) is 5.92 Å². The number of aliphatic carboxylic acids is 2. The van der Waals surface area contributed by atoms with E-state index in [0.29, 0.717) is 22.7 Å². The lowest BCUT2D eigenvalue weighted by molar-refractivity contribution is -0.154. The SMILES string of the molecule is O=C(Nc1ccccc1Cl)OCCc1cccc(CC(C(=O)O)C(=O)O)c1. The predicted octanol–water partition coefficient (Wildman–Crippen LogP) is 3.46. The van der Waals surface area contributed by atoms with Crippen molar-refractivity contribution < 1.29 is 29.3 Å². The Morgan fingerprint density at radius 3 is 2.33 bits per heavy atom. The maximum absolute atomic E-state index is 11.8. The number of para-hydroxylation sites is 1. The summed E-state index contributed by atoms with van der Waals surface area (Å²) in [5.41, 5.74) is 1.83. The molecule has 0 atom stereocenters. The Labute approximate surface area is 160 Å². The Balaban J connectivity index is 1.87. The van der Waals surface area contributed by atoms with Gasteiger partial charge in [0.1, 0.15) is 0 Å². The van der Waals surface area contributed by atoms with Gasteiger partial charge in [-0.2, -0.15) is 0 Å². The number of benzene rings is 2. The van der Waals surface area contributed by atoms with E-state index in [4.69, 9.17) is 26.6 Å². The molecule has 1 amide bonds. The van der Waals surface area contributed by atoms with Gasteiger partial charge in [0.05, 0.1) is 17.3 Å². The van der Waals surface area contributed by atoms with Crippen molar-refractivity contribution in [3.63, 3.8) is 0 Å². The van der Waals surface area contributed by atoms with E-state index in [1.165, 1.54) is 0 Å². The lowest BCUT2D eigenvalue weighted by Crippen LogP contribution is -2.25. The van der Waals surface area contributed by atoms with Gasteiger partial charge in [0.25, 0.3) is 0 Å². The quantitative estimate of drug-likeness (QED) is 0.594. The van der Waals surface area contributed by atoms with Crippen LogP contribution >= 0.6 is 11.6 Å². The van der Waals surface area contributed by atoms with E-state index in [-0.39, 0.29) is 13.0 Å². The Morgan fingerprint density at radius 1 is 1.00 bits per heavy atom. The largest absolute Gasteiger partial charge is 0.481 e. The molecular weight excluding hydrogens is 374 g/mol. The summed E-state index contributed by atoms with van der Waals surface area (Å²) in [5, 5.41) is 20.9. The molecule has 0 saturated heterocycles. The minimum atomic E-state index is -1.50. The molecule has 0 saturated carbocycles. The van der Waals surface area contributed by atoms with Gasteiger partial charge in [-0.15, -0.1) is 0 Å². The molecule has 0 bridgehead atoms. The van der Waals surface area contributed by atoms with Crippen LogP contribution in [-0.2, 0) is 27.2 Å². The van der Waals surface area contributed by atoms with E-state index in [1.54, 1.807) is 48.5 Å². The molecule has 0 radical (unpaired) electrons. The lowest BCUT2D eigenvalue weighted by atomic mass is 9.97. The van der Waals surface area contributed by atoms with E-state index in [0.717, 1.165) is 5.56 Å². The smallest absolute Gasteiger partial charge is 0.411 e. The summed E-state index contributed by atoms with van der Waals surface area (Å²) >= 11 is 5.95. The van der Waals surface area contributed by atoms with Crippen molar-refractivity contribution in [2.24, 2.45) is 5.92 Å². The second-order valence-electron chi connectivity index (χ2n) is 5.74. The molecule has 0 aromatic heterocycles. The van der Waals surface area contributed by atoms with Crippen molar-refractivity contribution >= 4 is 35.3 Å². The molecule has 0 fully saturated rings. The Bertz CT molecular complexity index is 824. The number of nitrogens with one attached hydrogen (secondary N) is 1. The van der Waals surface area contributed by atoms with Crippen molar-refractivity contribution in [1.29, 1.82) is 0 Å². The zero-order chi connectivity index (χ0) is 19.8. The number of carboxylic acids is 2. The second-order valence-corrected chi connectivity index (χ2v) is 6.15. The zero-order valence-corrected chi connectivity index (χ0v) is 15.0. The van der Waals surface area contributed by atoms with Gasteiger partial charge in [-0.3, -0.25) is 14.9 Å². The average molecular weight is 392 g/mol. The summed E-state index contributed by atoms with van der Waals surface area (Å²) in [6.07, 6.45) is -0.364. The summed E-state index contributed by atoms with van der Waals surface area (Å²) < 4.78 is 5.11. The standard InChI is InChI=1S/C19H18ClNO6/c20-15-6-1-2-7-16(15)21-19(26)27-9-8-12-4-3-5-13(10-12)11-14(17(22)23)18(24)25/h1-7,10,14H,8-9,11H2,(H,21,26)(H,22,23)(H,24,25). The molecule has 0 aliphatic rings. The number of hydrogen-bond donors (Lipinski definition) is 3. The Hall–Kier alpha value is -3.06.